The summed E-state index contributed by atoms with van der Waals surface area (Å²) >= 11 is 0. The first kappa shape index (κ1) is 15.6. The molecule has 1 aliphatic rings. The van der Waals surface area contributed by atoms with Crippen LogP contribution in [0.1, 0.15) is 20.3 Å². The fraction of sp³-hybridized carbons (Fsp3) is 0.562. The summed E-state index contributed by atoms with van der Waals surface area (Å²) in [6, 6.07) is 7.12. The van der Waals surface area contributed by atoms with Gasteiger partial charge in [0.2, 0.25) is 5.91 Å². The molecule has 1 heterocycles. The van der Waals surface area contributed by atoms with E-state index in [2.05, 4.69) is 4.90 Å². The Labute approximate surface area is 126 Å². The van der Waals surface area contributed by atoms with Gasteiger partial charge in [-0.2, -0.15) is 0 Å². The van der Waals surface area contributed by atoms with Crippen LogP contribution in [0.3, 0.4) is 0 Å². The summed E-state index contributed by atoms with van der Waals surface area (Å²) in [5.74, 6) is 0.754. The van der Waals surface area contributed by atoms with Crippen LogP contribution in [-0.2, 0) is 4.79 Å². The Hall–Kier alpha value is -1.75. The molecule has 0 spiro atoms. The molecule has 1 fully saturated rings. The molecule has 0 aliphatic carbocycles. The van der Waals surface area contributed by atoms with Gasteiger partial charge in [0.05, 0.1) is 0 Å². The van der Waals surface area contributed by atoms with Gasteiger partial charge < -0.3 is 20.6 Å². The number of phenolic OH excluding ortho intramolecular Hbond substituents is 1. The van der Waals surface area contributed by atoms with Crippen molar-refractivity contribution < 1.29 is 9.90 Å². The molecule has 21 heavy (non-hydrogen) atoms. The van der Waals surface area contributed by atoms with Gasteiger partial charge in [-0.3, -0.25) is 4.79 Å². The summed E-state index contributed by atoms with van der Waals surface area (Å²) in [4.78, 5) is 16.3. The maximum Gasteiger partial charge on any atom is 0.224 e. The lowest BCUT2D eigenvalue weighted by Crippen LogP contribution is -2.50. The zero-order valence-corrected chi connectivity index (χ0v) is 12.8. The molecular weight excluding hydrogens is 266 g/mol. The quantitative estimate of drug-likeness (QED) is 0.880. The Bertz CT molecular complexity index is 465. The largest absolute Gasteiger partial charge is 0.508 e. The van der Waals surface area contributed by atoms with Crippen molar-refractivity contribution in [3.05, 3.63) is 24.3 Å². The molecule has 0 saturated carbocycles. The van der Waals surface area contributed by atoms with E-state index in [1.807, 2.05) is 30.9 Å². The van der Waals surface area contributed by atoms with Crippen molar-refractivity contribution in [1.29, 1.82) is 0 Å². The van der Waals surface area contributed by atoms with Crippen LogP contribution in [-0.4, -0.2) is 48.1 Å². The molecular formula is C16H25N3O2. The molecule has 1 saturated heterocycles. The second-order valence-corrected chi connectivity index (χ2v) is 6.00. The standard InChI is InChI=1S/C16H25N3O2/c1-12(2)15(17)11-16(21)19-9-7-18(8-10-19)13-3-5-14(20)6-4-13/h3-6,12,15,20H,7-11,17H2,1-2H3. The minimum Gasteiger partial charge on any atom is -0.508 e. The van der Waals surface area contributed by atoms with E-state index < -0.39 is 0 Å². The highest BCUT2D eigenvalue weighted by Crippen LogP contribution is 2.20. The number of nitrogens with zero attached hydrogens (tertiary/aromatic N) is 2. The van der Waals surface area contributed by atoms with Crippen molar-refractivity contribution in [3.8, 4) is 5.75 Å². The average molecular weight is 291 g/mol. The normalized spacial score (nSPS) is 17.1. The lowest BCUT2D eigenvalue weighted by atomic mass is 10.0. The summed E-state index contributed by atoms with van der Waals surface area (Å²) in [5, 5.41) is 9.32. The van der Waals surface area contributed by atoms with Crippen LogP contribution in [0.4, 0.5) is 5.69 Å². The molecule has 0 aromatic heterocycles. The lowest BCUT2D eigenvalue weighted by molar-refractivity contribution is -0.132. The Kier molecular flexibility index (Phi) is 5.07. The molecule has 1 unspecified atom stereocenters. The minimum atomic E-state index is -0.0624. The maximum absolute atomic E-state index is 12.2. The van der Waals surface area contributed by atoms with Gasteiger partial charge in [-0.15, -0.1) is 0 Å². The second kappa shape index (κ2) is 6.80. The van der Waals surface area contributed by atoms with Crippen molar-refractivity contribution >= 4 is 11.6 Å². The number of nitrogens with two attached hydrogens (primary N) is 1. The predicted molar refractivity (Wildman–Crippen MR) is 84.3 cm³/mol. The molecule has 5 heteroatoms. The molecule has 1 amide bonds. The van der Waals surface area contributed by atoms with E-state index in [4.69, 9.17) is 5.73 Å². The third-order valence-electron chi connectivity index (χ3n) is 4.11. The number of rotatable bonds is 4. The summed E-state index contributed by atoms with van der Waals surface area (Å²) in [5.41, 5.74) is 7.06. The third kappa shape index (κ3) is 4.11. The number of phenols is 1. The number of benzene rings is 1. The first-order chi connectivity index (χ1) is 9.97. The molecule has 2 rings (SSSR count). The van der Waals surface area contributed by atoms with E-state index in [-0.39, 0.29) is 17.7 Å². The van der Waals surface area contributed by atoms with E-state index in [9.17, 15) is 9.90 Å². The van der Waals surface area contributed by atoms with E-state index in [0.717, 1.165) is 31.9 Å². The lowest BCUT2D eigenvalue weighted by Gasteiger charge is -2.36. The topological polar surface area (TPSA) is 69.8 Å². The number of amides is 1. The smallest absolute Gasteiger partial charge is 0.224 e. The van der Waals surface area contributed by atoms with Gasteiger partial charge in [0.15, 0.2) is 0 Å². The molecule has 0 radical (unpaired) electrons. The zero-order chi connectivity index (χ0) is 15.4. The predicted octanol–water partition coefficient (Wildman–Crippen LogP) is 1.41. The van der Waals surface area contributed by atoms with Crippen LogP contribution in [0.15, 0.2) is 24.3 Å². The van der Waals surface area contributed by atoms with Gasteiger partial charge in [0, 0.05) is 44.3 Å². The van der Waals surface area contributed by atoms with Crippen LogP contribution in [0.25, 0.3) is 0 Å². The summed E-state index contributed by atoms with van der Waals surface area (Å²) in [6.07, 6.45) is 0.427. The zero-order valence-electron chi connectivity index (χ0n) is 12.8. The number of carbonyl (C=O) groups excluding carboxylic acids is 1. The van der Waals surface area contributed by atoms with Crippen molar-refractivity contribution in [3.63, 3.8) is 0 Å². The van der Waals surface area contributed by atoms with Crippen LogP contribution >= 0.6 is 0 Å². The fourth-order valence-electron chi connectivity index (χ4n) is 2.44. The Morgan fingerprint density at radius 1 is 1.19 bits per heavy atom. The summed E-state index contributed by atoms with van der Waals surface area (Å²) in [6.45, 7) is 7.16. The Morgan fingerprint density at radius 3 is 2.29 bits per heavy atom. The molecule has 1 atom stereocenters. The van der Waals surface area contributed by atoms with Crippen LogP contribution in [0.5, 0.6) is 5.75 Å². The highest BCUT2D eigenvalue weighted by atomic mass is 16.3. The molecule has 5 nitrogen and oxygen atoms in total. The van der Waals surface area contributed by atoms with Crippen LogP contribution < -0.4 is 10.6 Å². The van der Waals surface area contributed by atoms with Gasteiger partial charge in [-0.05, 0) is 30.2 Å². The highest BCUT2D eigenvalue weighted by Gasteiger charge is 2.23. The fourth-order valence-corrected chi connectivity index (χ4v) is 2.44. The van der Waals surface area contributed by atoms with E-state index in [0.29, 0.717) is 12.3 Å². The highest BCUT2D eigenvalue weighted by molar-refractivity contribution is 5.77. The van der Waals surface area contributed by atoms with E-state index in [1.54, 1.807) is 12.1 Å². The van der Waals surface area contributed by atoms with Gasteiger partial charge >= 0.3 is 0 Å². The van der Waals surface area contributed by atoms with Crippen LogP contribution in [0.2, 0.25) is 0 Å². The van der Waals surface area contributed by atoms with Crippen molar-refractivity contribution in [1.82, 2.24) is 4.90 Å². The third-order valence-corrected chi connectivity index (χ3v) is 4.11. The first-order valence-electron chi connectivity index (χ1n) is 7.54. The molecule has 0 bridgehead atoms. The number of hydrogen-bond donors (Lipinski definition) is 2. The van der Waals surface area contributed by atoms with E-state index in [1.165, 1.54) is 0 Å². The number of carbonyl (C=O) groups is 1. The number of aromatic hydroxyl groups is 1. The SMILES string of the molecule is CC(C)C(N)CC(=O)N1CCN(c2ccc(O)cc2)CC1. The minimum absolute atomic E-state index is 0.0624. The molecule has 1 aromatic carbocycles. The molecule has 3 N–H and O–H groups in total. The van der Waals surface area contributed by atoms with Gasteiger partial charge in [-0.25, -0.2) is 0 Å². The van der Waals surface area contributed by atoms with Crippen molar-refractivity contribution in [2.45, 2.75) is 26.3 Å². The Morgan fingerprint density at radius 2 is 1.76 bits per heavy atom. The second-order valence-electron chi connectivity index (χ2n) is 6.00. The summed E-state index contributed by atoms with van der Waals surface area (Å²) < 4.78 is 0. The van der Waals surface area contributed by atoms with Gasteiger partial charge in [0.25, 0.3) is 0 Å². The first-order valence-corrected chi connectivity index (χ1v) is 7.54. The van der Waals surface area contributed by atoms with E-state index >= 15 is 0 Å². The van der Waals surface area contributed by atoms with Crippen molar-refractivity contribution in [2.75, 3.05) is 31.1 Å². The monoisotopic (exact) mass is 291 g/mol. The number of hydrogen-bond acceptors (Lipinski definition) is 4. The van der Waals surface area contributed by atoms with Gasteiger partial charge in [0.1, 0.15) is 5.75 Å². The van der Waals surface area contributed by atoms with Gasteiger partial charge in [-0.1, -0.05) is 13.8 Å². The average Bonchev–Trinajstić information content (AvgIpc) is 2.48. The number of anilines is 1. The molecule has 1 aromatic rings. The Balaban J connectivity index is 1.85. The van der Waals surface area contributed by atoms with Crippen LogP contribution in [0, 0.1) is 5.92 Å². The maximum atomic E-state index is 12.2. The molecule has 1 aliphatic heterocycles. The number of piperazine rings is 1. The summed E-state index contributed by atoms with van der Waals surface area (Å²) in [7, 11) is 0. The van der Waals surface area contributed by atoms with Crippen molar-refractivity contribution in [2.24, 2.45) is 11.7 Å². The molecule has 116 valence electrons.